The molecule has 0 aromatic heterocycles. The summed E-state index contributed by atoms with van der Waals surface area (Å²) in [5, 5.41) is 59.1. The van der Waals surface area contributed by atoms with Gasteiger partial charge in [0.15, 0.2) is 5.54 Å². The fraction of sp³-hybridized carbons (Fsp3) is 0.636. The summed E-state index contributed by atoms with van der Waals surface area (Å²) < 4.78 is 28.2. The second-order valence-corrected chi connectivity index (χ2v) is 20.9. The molecule has 78 heavy (non-hydrogen) atoms. The number of nitrogens with two attached hydrogens (primary N) is 1. The third-order valence-electron chi connectivity index (χ3n) is 15.3. The number of ether oxygens (including phenoxy) is 5. The molecule has 23 heteroatoms. The number of aliphatic imine (C=N–C) groups is 2. The molecule has 1 aliphatic heterocycles. The van der Waals surface area contributed by atoms with E-state index in [0.717, 1.165) is 43.4 Å². The van der Waals surface area contributed by atoms with E-state index in [9.17, 15) is 39.6 Å². The van der Waals surface area contributed by atoms with Crippen LogP contribution in [0.2, 0.25) is 0 Å². The lowest BCUT2D eigenvalue weighted by atomic mass is 9.48. The summed E-state index contributed by atoms with van der Waals surface area (Å²) in [6, 6.07) is 11.1. The van der Waals surface area contributed by atoms with Gasteiger partial charge in [-0.15, -0.1) is 0 Å². The molecule has 4 aliphatic carbocycles. The number of carboxylic acid groups (broad SMARTS) is 3. The number of hydrogen-bond acceptors (Lipinski definition) is 19. The average Bonchev–Trinajstić information content (AvgIpc) is 3.58. The van der Waals surface area contributed by atoms with Gasteiger partial charge in [-0.25, -0.2) is 9.79 Å². The van der Waals surface area contributed by atoms with Gasteiger partial charge in [0.2, 0.25) is 5.91 Å². The highest BCUT2D eigenvalue weighted by molar-refractivity contribution is 6.16. The van der Waals surface area contributed by atoms with E-state index in [1.807, 2.05) is 36.9 Å². The molecular formula is C55H82N9O14-. The van der Waals surface area contributed by atoms with Gasteiger partial charge < -0.3 is 65.6 Å². The molecule has 0 atom stereocenters. The normalized spacial score (nSPS) is 23.2. The van der Waals surface area contributed by atoms with Crippen LogP contribution in [0, 0.1) is 23.7 Å². The molecule has 1 amide bonds. The molecule has 2 aromatic carbocycles. The van der Waals surface area contributed by atoms with Gasteiger partial charge in [0.05, 0.1) is 83.9 Å². The summed E-state index contributed by atoms with van der Waals surface area (Å²) in [5.41, 5.74) is 7.91. The van der Waals surface area contributed by atoms with E-state index in [4.69, 9.17) is 39.5 Å². The Kier molecular flexibility index (Phi) is 23.9. The molecular weight excluding hydrogens is 1010 g/mol. The lowest BCUT2D eigenvalue weighted by Crippen LogP contribution is -2.61. The number of carbonyl (C=O) groups excluding carboxylic acids is 1. The van der Waals surface area contributed by atoms with Crippen molar-refractivity contribution in [2.45, 2.75) is 57.4 Å². The molecule has 7 rings (SSSR count). The van der Waals surface area contributed by atoms with Crippen molar-refractivity contribution in [2.24, 2.45) is 39.4 Å². The number of amides is 1. The summed E-state index contributed by atoms with van der Waals surface area (Å²) in [6.45, 7) is 9.73. The number of benzene rings is 2. The second-order valence-electron chi connectivity index (χ2n) is 20.9. The van der Waals surface area contributed by atoms with E-state index in [2.05, 4.69) is 20.5 Å². The minimum Gasteiger partial charge on any atom is -0.857 e. The van der Waals surface area contributed by atoms with E-state index in [-0.39, 0.29) is 74.5 Å². The predicted molar refractivity (Wildman–Crippen MR) is 291 cm³/mol. The Hall–Kier alpha value is -5.92. The van der Waals surface area contributed by atoms with Crippen molar-refractivity contribution in [3.8, 4) is 11.5 Å². The summed E-state index contributed by atoms with van der Waals surface area (Å²) in [5.74, 6) is -2.61. The van der Waals surface area contributed by atoms with Crippen molar-refractivity contribution in [3.05, 3.63) is 59.3 Å². The van der Waals surface area contributed by atoms with Gasteiger partial charge in [0.25, 0.3) is 0 Å². The van der Waals surface area contributed by atoms with Crippen molar-refractivity contribution < 1.29 is 68.4 Å². The number of aliphatic carboxylic acids is 3. The van der Waals surface area contributed by atoms with Crippen LogP contribution in [0.5, 0.6) is 11.5 Å². The van der Waals surface area contributed by atoms with Crippen LogP contribution < -0.4 is 30.9 Å². The molecule has 432 valence electrons. The minimum atomic E-state index is -1.51. The Bertz CT molecular complexity index is 2350. The van der Waals surface area contributed by atoms with Gasteiger partial charge in [-0.3, -0.25) is 39.0 Å². The number of rotatable bonds is 29. The monoisotopic (exact) mass is 1090 g/mol. The highest BCUT2D eigenvalue weighted by Crippen LogP contribution is 2.60. The molecule has 0 unspecified atom stereocenters. The lowest BCUT2D eigenvalue weighted by molar-refractivity contribution is -0.217. The maximum absolute atomic E-state index is 14.0. The Morgan fingerprint density at radius 3 is 1.79 bits per heavy atom. The van der Waals surface area contributed by atoms with E-state index < -0.39 is 36.1 Å². The predicted octanol–water partition coefficient (Wildman–Crippen LogP) is 1.75. The zero-order valence-electron chi connectivity index (χ0n) is 45.7. The van der Waals surface area contributed by atoms with Crippen molar-refractivity contribution in [3.63, 3.8) is 0 Å². The number of carbonyl (C=O) groups is 4. The molecule has 4 bridgehead atoms. The number of carboxylic acids is 3. The number of anilines is 1. The molecule has 23 nitrogen and oxygen atoms in total. The van der Waals surface area contributed by atoms with Crippen LogP contribution in [-0.4, -0.2) is 227 Å². The molecule has 1 saturated heterocycles. The fourth-order valence-corrected chi connectivity index (χ4v) is 11.6. The van der Waals surface area contributed by atoms with Gasteiger partial charge in [-0.1, -0.05) is 19.9 Å². The second kappa shape index (κ2) is 30.4. The summed E-state index contributed by atoms with van der Waals surface area (Å²) in [7, 11) is 3.05. The summed E-state index contributed by atoms with van der Waals surface area (Å²) in [6.07, 6.45) is 5.55. The first-order valence-corrected chi connectivity index (χ1v) is 27.1. The summed E-state index contributed by atoms with van der Waals surface area (Å²) in [4.78, 5) is 66.5. The zero-order chi connectivity index (χ0) is 56.2. The van der Waals surface area contributed by atoms with E-state index in [0.29, 0.717) is 120 Å². The quantitative estimate of drug-likeness (QED) is 0.0264. The van der Waals surface area contributed by atoms with Crippen molar-refractivity contribution in [2.75, 3.05) is 151 Å². The molecule has 4 saturated carbocycles. The average molecular weight is 1090 g/mol. The van der Waals surface area contributed by atoms with E-state index in [1.165, 1.54) is 20.3 Å². The third-order valence-corrected chi connectivity index (χ3v) is 15.3. The largest absolute Gasteiger partial charge is 0.857 e. The van der Waals surface area contributed by atoms with E-state index in [1.54, 1.807) is 28.0 Å². The van der Waals surface area contributed by atoms with E-state index >= 15 is 0 Å². The Morgan fingerprint density at radius 2 is 1.28 bits per heavy atom. The van der Waals surface area contributed by atoms with Crippen LogP contribution in [0.3, 0.4) is 0 Å². The summed E-state index contributed by atoms with van der Waals surface area (Å²) >= 11 is 0. The minimum absolute atomic E-state index is 0.0188. The molecule has 5 fully saturated rings. The Balaban J connectivity index is 1.00. The number of aliphatic hydroxyl groups excluding tert-OH is 1. The van der Waals surface area contributed by atoms with Crippen LogP contribution in [-0.2, 0) is 33.4 Å². The standard InChI is InChI=1S/C55H83N9O14/c1-37(2)43-31-42(8-9-45(43)59-46(52-47(74-3)6-5-7-48(52)75-4)32-44(56)53(71)60-55(54(72)73)40-27-38-26-39(29-40)30-41(55)28-38)57-10-21-76-24-25-77-22-11-58-49(66)33-62-14-12-61(20-23-78-36-65)13-15-63(34-50(67)68)18-19-64(17-16-62)35-51(69)70/h5-9,31-32,37-41,57,65H,10-30,33-36,56H2,1-4H3,(H,58,66)(H,60,71)(H,67,68)(H,69,70)(H,72,73)/p-1/b44-32-,59-46?. The molecule has 1 heterocycles. The lowest BCUT2D eigenvalue weighted by Gasteiger charge is -2.57. The fourth-order valence-electron chi connectivity index (χ4n) is 11.6. The number of nitrogens with one attached hydrogen (secondary N) is 2. The Labute approximate surface area is 457 Å². The molecule has 0 radical (unpaired) electrons. The topological polar surface area (TPSA) is 306 Å². The maximum atomic E-state index is 14.0. The molecule has 0 spiro atoms. The van der Waals surface area contributed by atoms with Crippen LogP contribution >= 0.6 is 0 Å². The van der Waals surface area contributed by atoms with Crippen LogP contribution in [0.15, 0.2) is 58.2 Å². The third kappa shape index (κ3) is 17.5. The number of allylic oxidation sites excluding steroid dienone is 1. The highest BCUT2D eigenvalue weighted by atomic mass is 16.6. The number of aliphatic hydroxyl groups is 1. The number of hydrogen-bond donors (Lipinski definition) is 7. The van der Waals surface area contributed by atoms with Gasteiger partial charge >= 0.3 is 17.9 Å². The van der Waals surface area contributed by atoms with Crippen molar-refractivity contribution in [1.82, 2.24) is 24.9 Å². The first kappa shape index (κ1) is 61.3. The van der Waals surface area contributed by atoms with Crippen LogP contribution in [0.25, 0.3) is 0 Å². The molecule has 2 aromatic rings. The Morgan fingerprint density at radius 1 is 0.744 bits per heavy atom. The number of nitrogens with zero attached hydrogens (tertiary/aromatic N) is 6. The van der Waals surface area contributed by atoms with Crippen molar-refractivity contribution >= 4 is 46.8 Å². The highest BCUT2D eigenvalue weighted by Gasteiger charge is 2.61. The van der Waals surface area contributed by atoms with Crippen molar-refractivity contribution in [1.29, 1.82) is 0 Å². The molecule has 8 N–H and O–H groups in total. The number of methoxy groups -OCH3 is 2. The first-order valence-electron chi connectivity index (χ1n) is 27.1. The SMILES string of the molecule is COc1cccc(OC)c1C(/C=C(\N)C([O-])=NC1(C(=O)O)C2CC3CC(C2)CC1C3)=Nc1ccc(NCCOCCOCCNC(=O)CN2CCN(CCOCO)CCN(CC(=O)O)CCN(CC(=O)O)CC2)cc1C(C)C. The van der Waals surface area contributed by atoms with Crippen LogP contribution in [0.4, 0.5) is 11.4 Å². The smallest absolute Gasteiger partial charge is 0.332 e. The molecule has 5 aliphatic rings. The van der Waals surface area contributed by atoms with Gasteiger partial charge in [-0.05, 0) is 104 Å². The van der Waals surface area contributed by atoms with Gasteiger partial charge in [0, 0.05) is 89.3 Å². The first-order chi connectivity index (χ1) is 37.5. The van der Waals surface area contributed by atoms with Gasteiger partial charge in [-0.2, -0.15) is 0 Å². The zero-order valence-corrected chi connectivity index (χ0v) is 45.7. The van der Waals surface area contributed by atoms with Crippen LogP contribution in [0.1, 0.15) is 63.0 Å². The van der Waals surface area contributed by atoms with Gasteiger partial charge in [0.1, 0.15) is 18.3 Å². The maximum Gasteiger partial charge on any atom is 0.332 e.